The first-order valence-corrected chi connectivity index (χ1v) is 12.1. The number of hydrogen-bond donors (Lipinski definition) is 0. The lowest BCUT2D eigenvalue weighted by Gasteiger charge is -2.09. The summed E-state index contributed by atoms with van der Waals surface area (Å²) in [5.74, 6) is 0. The van der Waals surface area contributed by atoms with Crippen molar-refractivity contribution in [3.8, 4) is 5.69 Å². The summed E-state index contributed by atoms with van der Waals surface area (Å²) in [7, 11) is -4.02. The van der Waals surface area contributed by atoms with Gasteiger partial charge in [-0.1, -0.05) is 29.8 Å². The highest BCUT2D eigenvalue weighted by atomic mass is 35.5. The number of nitrogens with zero attached hydrogens (tertiary/aromatic N) is 2. The quantitative estimate of drug-likeness (QED) is 0.190. The second-order valence-corrected chi connectivity index (χ2v) is 9.56. The molecule has 0 aliphatic carbocycles. The molecule has 0 saturated carbocycles. The van der Waals surface area contributed by atoms with Crippen LogP contribution in [0.25, 0.3) is 28.7 Å². The number of pyridine rings is 1. The molecule has 0 spiro atoms. The number of aromatic nitrogens is 2. The Hall–Kier alpha value is -3.14. The van der Waals surface area contributed by atoms with Gasteiger partial charge in [-0.05, 0) is 61.9 Å². The molecule has 0 fully saturated rings. The second kappa shape index (κ2) is 10.2. The van der Waals surface area contributed by atoms with Gasteiger partial charge in [-0.15, -0.1) is 0 Å². The van der Waals surface area contributed by atoms with Crippen molar-refractivity contribution < 1.29 is 30.7 Å². The van der Waals surface area contributed by atoms with Crippen molar-refractivity contribution in [3.05, 3.63) is 94.4 Å². The third-order valence-corrected chi connectivity index (χ3v) is 6.18. The second-order valence-electron chi connectivity index (χ2n) is 7.75. The van der Waals surface area contributed by atoms with Gasteiger partial charge in [0.2, 0.25) is 11.2 Å². The number of para-hydroxylation sites is 1. The van der Waals surface area contributed by atoms with Gasteiger partial charge in [0, 0.05) is 45.7 Å². The number of rotatable bonds is 3. The summed E-state index contributed by atoms with van der Waals surface area (Å²) in [6.45, 7) is 4.31. The molecule has 184 valence electrons. The van der Waals surface area contributed by atoms with Gasteiger partial charge in [-0.3, -0.25) is 0 Å². The Kier molecular flexibility index (Phi) is 7.74. The Balaban J connectivity index is 0.000000371. The predicted octanol–water partition coefficient (Wildman–Crippen LogP) is 5.95. The molecule has 0 unspecified atom stereocenters. The maximum absolute atomic E-state index is 10.7. The molecule has 35 heavy (non-hydrogen) atoms. The average Bonchev–Trinajstić information content (AvgIpc) is 3.06. The van der Waals surface area contributed by atoms with Crippen LogP contribution < -0.4 is 4.57 Å². The van der Waals surface area contributed by atoms with Gasteiger partial charge < -0.3 is 9.12 Å². The van der Waals surface area contributed by atoms with E-state index < -0.39 is 15.6 Å². The number of hydrogen-bond acceptors (Lipinski definition) is 3. The zero-order chi connectivity index (χ0) is 26.0. The van der Waals surface area contributed by atoms with E-state index in [1.807, 2.05) is 18.2 Å². The zero-order valence-corrected chi connectivity index (χ0v) is 20.6. The molecular formula is C25H22ClF3N2O3S. The lowest BCUT2D eigenvalue weighted by atomic mass is 10.1. The van der Waals surface area contributed by atoms with Crippen LogP contribution in [0.2, 0.25) is 5.02 Å². The fraction of sp³-hybridized carbons (Fsp3) is 0.160. The summed E-state index contributed by atoms with van der Waals surface area (Å²) in [4.78, 5) is 0. The topological polar surface area (TPSA) is 66.0 Å². The molecule has 0 aliphatic heterocycles. The van der Waals surface area contributed by atoms with E-state index in [-0.39, 0.29) is 0 Å². The Labute approximate surface area is 206 Å². The normalized spacial score (nSPS) is 12.1. The van der Waals surface area contributed by atoms with E-state index in [0.29, 0.717) is 0 Å². The third-order valence-electron chi connectivity index (χ3n) is 5.38. The number of aryl methyl sites for hydroxylation is 2. The monoisotopic (exact) mass is 522 g/mol. The molecule has 5 nitrogen and oxygen atoms in total. The van der Waals surface area contributed by atoms with E-state index in [0.717, 1.165) is 16.2 Å². The summed E-state index contributed by atoms with van der Waals surface area (Å²) < 4.78 is 63.4. The van der Waals surface area contributed by atoms with Crippen LogP contribution in [0, 0.1) is 13.8 Å². The maximum atomic E-state index is 10.7. The minimum Gasteiger partial charge on any atom is -0.741 e. The van der Waals surface area contributed by atoms with E-state index >= 15 is 0 Å². The van der Waals surface area contributed by atoms with Crippen LogP contribution in [-0.2, 0) is 17.2 Å². The van der Waals surface area contributed by atoms with Crippen LogP contribution in [0.1, 0.15) is 22.6 Å². The van der Waals surface area contributed by atoms with Crippen LogP contribution in [0.3, 0.4) is 0 Å². The number of fused-ring (bicyclic) bond motifs is 1. The van der Waals surface area contributed by atoms with Crippen molar-refractivity contribution in [1.29, 1.82) is 0 Å². The highest BCUT2D eigenvalue weighted by Gasteiger charge is 2.36. The summed E-state index contributed by atoms with van der Waals surface area (Å²) >= 11 is 6.18. The van der Waals surface area contributed by atoms with E-state index in [2.05, 4.69) is 90.7 Å². The first-order chi connectivity index (χ1) is 16.3. The molecular weight excluding hydrogens is 501 g/mol. The molecule has 2 heterocycles. The van der Waals surface area contributed by atoms with Crippen molar-refractivity contribution in [2.45, 2.75) is 19.4 Å². The van der Waals surface area contributed by atoms with Gasteiger partial charge in [0.05, 0.1) is 0 Å². The van der Waals surface area contributed by atoms with Crippen LogP contribution in [0.4, 0.5) is 13.2 Å². The average molecular weight is 523 g/mol. The standard InChI is InChI=1S/C24H22ClN2.CHF3O3S/c1-17-15-20(18(2)27(17)23-7-5-4-6-8-23)11-14-22-13-10-19-9-12-21(25)16-24(19)26(22)3;2-1(3,4)8(5,6)7/h4-16H,1-3H3;(H,5,6,7)/q+1;/p-1. The molecule has 10 heteroatoms. The molecule has 0 saturated heterocycles. The van der Waals surface area contributed by atoms with Crippen LogP contribution in [-0.4, -0.2) is 23.0 Å². The first kappa shape index (κ1) is 26.5. The first-order valence-electron chi connectivity index (χ1n) is 10.3. The third kappa shape index (κ3) is 6.11. The van der Waals surface area contributed by atoms with E-state index in [4.69, 9.17) is 24.6 Å². The zero-order valence-electron chi connectivity index (χ0n) is 19.0. The van der Waals surface area contributed by atoms with Gasteiger partial charge in [-0.2, -0.15) is 17.7 Å². The lowest BCUT2D eigenvalue weighted by molar-refractivity contribution is -0.646. The predicted molar refractivity (Wildman–Crippen MR) is 130 cm³/mol. The van der Waals surface area contributed by atoms with Crippen molar-refractivity contribution >= 4 is 44.8 Å². The summed E-state index contributed by atoms with van der Waals surface area (Å²) in [5.41, 5.74) is 1.50. The molecule has 4 aromatic rings. The largest absolute Gasteiger partial charge is 0.741 e. The number of benzene rings is 2. The smallest absolute Gasteiger partial charge is 0.485 e. The minimum absolute atomic E-state index is 0.755. The summed E-state index contributed by atoms with van der Waals surface area (Å²) in [6.07, 6.45) is 4.35. The van der Waals surface area contributed by atoms with Gasteiger partial charge >= 0.3 is 5.51 Å². The van der Waals surface area contributed by atoms with Crippen molar-refractivity contribution in [2.24, 2.45) is 7.05 Å². The van der Waals surface area contributed by atoms with Gasteiger partial charge in [0.15, 0.2) is 10.1 Å². The molecule has 4 rings (SSSR count). The molecule has 0 radical (unpaired) electrons. The van der Waals surface area contributed by atoms with E-state index in [1.54, 1.807) is 0 Å². The summed E-state index contributed by atoms with van der Waals surface area (Å²) in [6, 6.07) is 23.0. The Morgan fingerprint density at radius 3 is 2.17 bits per heavy atom. The van der Waals surface area contributed by atoms with Gasteiger partial charge in [0.25, 0.3) is 0 Å². The highest BCUT2D eigenvalue weighted by Crippen LogP contribution is 2.23. The van der Waals surface area contributed by atoms with Crippen molar-refractivity contribution in [1.82, 2.24) is 4.57 Å². The van der Waals surface area contributed by atoms with Gasteiger partial charge in [0.1, 0.15) is 7.05 Å². The van der Waals surface area contributed by atoms with Crippen molar-refractivity contribution in [3.63, 3.8) is 0 Å². The molecule has 2 aromatic carbocycles. The molecule has 0 bridgehead atoms. The lowest BCUT2D eigenvalue weighted by Crippen LogP contribution is -2.32. The Morgan fingerprint density at radius 2 is 1.57 bits per heavy atom. The minimum atomic E-state index is -6.09. The van der Waals surface area contributed by atoms with Crippen LogP contribution in [0.5, 0.6) is 0 Å². The highest BCUT2D eigenvalue weighted by molar-refractivity contribution is 7.86. The Morgan fingerprint density at radius 1 is 0.971 bits per heavy atom. The fourth-order valence-electron chi connectivity index (χ4n) is 3.65. The van der Waals surface area contributed by atoms with Crippen molar-refractivity contribution in [2.75, 3.05) is 0 Å². The molecule has 2 aromatic heterocycles. The number of halogens is 4. The van der Waals surface area contributed by atoms with Crippen LogP contribution in [0.15, 0.2) is 66.7 Å². The Bertz CT molecular complexity index is 1500. The molecule has 0 aliphatic rings. The van der Waals surface area contributed by atoms with Gasteiger partial charge in [-0.25, -0.2) is 8.42 Å². The van der Waals surface area contributed by atoms with E-state index in [1.165, 1.54) is 28.0 Å². The molecule has 0 amide bonds. The fourth-order valence-corrected chi connectivity index (χ4v) is 3.81. The number of alkyl halides is 3. The maximum Gasteiger partial charge on any atom is 0.485 e. The molecule has 0 atom stereocenters. The summed E-state index contributed by atoms with van der Waals surface area (Å²) in [5, 5.41) is 1.94. The van der Waals surface area contributed by atoms with Crippen LogP contribution >= 0.6 is 11.6 Å². The SMILES string of the molecule is Cc1cc(/C=C/c2ccc3ccc(Cl)cc3[n+]2C)c(C)n1-c1ccccc1.O=S(=O)([O-])C(F)(F)F. The molecule has 0 N–H and O–H groups in total. The van der Waals surface area contributed by atoms with E-state index in [9.17, 15) is 13.2 Å².